The van der Waals surface area contributed by atoms with Crippen molar-refractivity contribution in [3.8, 4) is 22.6 Å². The molecule has 46 heavy (non-hydrogen) atoms. The molecular formula is C33H46FN9O2Si. The third-order valence-corrected chi connectivity index (χ3v) is 10.9. The number of pyridine rings is 1. The van der Waals surface area contributed by atoms with Crippen LogP contribution >= 0.6 is 0 Å². The summed E-state index contributed by atoms with van der Waals surface area (Å²) in [7, 11) is -1.20. The van der Waals surface area contributed by atoms with E-state index in [4.69, 9.17) is 4.74 Å². The molecule has 4 aromatic heterocycles. The fraction of sp³-hybridized carbons (Fsp3) is 0.576. The van der Waals surface area contributed by atoms with Gasteiger partial charge in [-0.15, -0.1) is 10.2 Å². The van der Waals surface area contributed by atoms with E-state index in [1.54, 1.807) is 23.0 Å². The summed E-state index contributed by atoms with van der Waals surface area (Å²) in [6, 6.07) is 6.42. The lowest BCUT2D eigenvalue weighted by molar-refractivity contribution is -0.119. The quantitative estimate of drug-likeness (QED) is 0.0882. The van der Waals surface area contributed by atoms with Crippen molar-refractivity contribution >= 4 is 19.8 Å². The number of aryl methyl sites for hydroxylation is 1. The Kier molecular flexibility index (Phi) is 8.99. The van der Waals surface area contributed by atoms with Crippen LogP contribution in [0, 0.1) is 37.5 Å². The minimum absolute atomic E-state index is 0.141. The molecule has 13 heteroatoms. The molecule has 0 spiro atoms. The molecule has 11 nitrogen and oxygen atoms in total. The minimum atomic E-state index is -1.20. The second kappa shape index (κ2) is 12.8. The smallest absolute Gasteiger partial charge is 0.236 e. The predicted octanol–water partition coefficient (Wildman–Crippen LogP) is 6.73. The Morgan fingerprint density at radius 2 is 1.83 bits per heavy atom. The number of H-pyrrole nitrogens is 1. The molecule has 1 amide bonds. The molecule has 1 atom stereocenters. The first kappa shape index (κ1) is 32.2. The third-order valence-electron chi connectivity index (χ3n) is 9.16. The summed E-state index contributed by atoms with van der Waals surface area (Å²) in [6.07, 6.45) is 6.14. The van der Waals surface area contributed by atoms with Gasteiger partial charge in [0, 0.05) is 43.7 Å². The molecule has 2 aliphatic carbocycles. The number of nitrogens with zero attached hydrogens (tertiary/aromatic N) is 7. The molecule has 4 heterocycles. The van der Waals surface area contributed by atoms with Gasteiger partial charge >= 0.3 is 0 Å². The minimum Gasteiger partial charge on any atom is -0.360 e. The number of carbonyl (C=O) groups excluding carboxylic acids is 1. The summed E-state index contributed by atoms with van der Waals surface area (Å²) >= 11 is 0. The average Bonchev–Trinajstić information content (AvgIpc) is 3.88. The fourth-order valence-electron chi connectivity index (χ4n) is 6.45. The highest BCUT2D eigenvalue weighted by Gasteiger charge is 2.49. The molecule has 0 saturated heterocycles. The summed E-state index contributed by atoms with van der Waals surface area (Å²) < 4.78 is 25.2. The van der Waals surface area contributed by atoms with E-state index in [2.05, 4.69) is 69.2 Å². The van der Waals surface area contributed by atoms with E-state index in [1.165, 1.54) is 0 Å². The van der Waals surface area contributed by atoms with Crippen LogP contribution in [0.1, 0.15) is 68.7 Å². The SMILES string of the molecule is Cc1nn(COCC[Si](C)(C)C)c(C)c1-c1ccc(NC(=O)C(c2nnc(-c3ccnn3C(C)C)[nH]2)C(C2CC2)C2CC2)nc1F. The third kappa shape index (κ3) is 6.99. The monoisotopic (exact) mass is 647 g/mol. The maximum absolute atomic E-state index is 15.7. The van der Waals surface area contributed by atoms with E-state index in [9.17, 15) is 4.79 Å². The molecule has 6 rings (SSSR count). The summed E-state index contributed by atoms with van der Waals surface area (Å²) in [4.78, 5) is 21.6. The molecule has 2 saturated carbocycles. The van der Waals surface area contributed by atoms with Crippen molar-refractivity contribution < 1.29 is 13.9 Å². The second-order valence-electron chi connectivity index (χ2n) is 14.5. The zero-order valence-corrected chi connectivity index (χ0v) is 29.0. The van der Waals surface area contributed by atoms with Crippen LogP contribution in [-0.2, 0) is 16.3 Å². The van der Waals surface area contributed by atoms with E-state index in [0.717, 1.165) is 43.1 Å². The van der Waals surface area contributed by atoms with E-state index in [0.29, 0.717) is 53.6 Å². The number of carbonyl (C=O) groups is 1. The van der Waals surface area contributed by atoms with Gasteiger partial charge in [0.2, 0.25) is 11.9 Å². The Morgan fingerprint density at radius 3 is 2.46 bits per heavy atom. The van der Waals surface area contributed by atoms with E-state index < -0.39 is 19.9 Å². The largest absolute Gasteiger partial charge is 0.360 e. The highest BCUT2D eigenvalue weighted by Crippen LogP contribution is 2.54. The first-order valence-corrected chi connectivity index (χ1v) is 20.2. The number of ether oxygens (including phenoxy) is 1. The van der Waals surface area contributed by atoms with Crippen LogP contribution < -0.4 is 5.32 Å². The first-order chi connectivity index (χ1) is 21.9. The van der Waals surface area contributed by atoms with Crippen LogP contribution in [0.3, 0.4) is 0 Å². The first-order valence-electron chi connectivity index (χ1n) is 16.5. The zero-order valence-electron chi connectivity index (χ0n) is 28.0. The molecule has 4 aromatic rings. The lowest BCUT2D eigenvalue weighted by Gasteiger charge is -2.24. The number of aromatic nitrogens is 8. The molecule has 0 aromatic carbocycles. The van der Waals surface area contributed by atoms with Crippen molar-refractivity contribution in [3.05, 3.63) is 47.6 Å². The molecular weight excluding hydrogens is 602 g/mol. The number of halogens is 1. The van der Waals surface area contributed by atoms with E-state index in [-0.39, 0.29) is 23.7 Å². The number of rotatable bonds is 14. The van der Waals surface area contributed by atoms with Gasteiger partial charge in [0.25, 0.3) is 0 Å². The Bertz CT molecular complexity index is 1680. The summed E-state index contributed by atoms with van der Waals surface area (Å²) in [5.74, 6) is 0.870. The molecule has 2 aliphatic rings. The lowest BCUT2D eigenvalue weighted by atomic mass is 9.82. The van der Waals surface area contributed by atoms with Crippen LogP contribution in [-0.4, -0.2) is 60.3 Å². The highest BCUT2D eigenvalue weighted by molar-refractivity contribution is 6.76. The van der Waals surface area contributed by atoms with Crippen molar-refractivity contribution in [2.45, 2.75) is 97.8 Å². The van der Waals surface area contributed by atoms with Crippen LogP contribution in [0.4, 0.5) is 10.2 Å². The van der Waals surface area contributed by atoms with Gasteiger partial charge in [-0.2, -0.15) is 14.6 Å². The number of amides is 1. The van der Waals surface area contributed by atoms with E-state index in [1.807, 2.05) is 24.6 Å². The van der Waals surface area contributed by atoms with Crippen molar-refractivity contribution in [1.82, 2.24) is 39.7 Å². The number of hydrogen-bond acceptors (Lipinski definition) is 7. The van der Waals surface area contributed by atoms with Gasteiger partial charge in [-0.3, -0.25) is 9.48 Å². The van der Waals surface area contributed by atoms with Crippen molar-refractivity contribution in [2.75, 3.05) is 11.9 Å². The number of nitrogens with one attached hydrogen (secondary N) is 2. The van der Waals surface area contributed by atoms with Crippen LogP contribution in [0.2, 0.25) is 25.7 Å². The van der Waals surface area contributed by atoms with Gasteiger partial charge in [0.1, 0.15) is 30.0 Å². The van der Waals surface area contributed by atoms with Crippen molar-refractivity contribution in [2.24, 2.45) is 17.8 Å². The Labute approximate surface area is 270 Å². The summed E-state index contributed by atoms with van der Waals surface area (Å²) in [5, 5.41) is 20.9. The molecule has 1 unspecified atom stereocenters. The van der Waals surface area contributed by atoms with Crippen LogP contribution in [0.15, 0.2) is 24.4 Å². The maximum Gasteiger partial charge on any atom is 0.236 e. The number of aromatic amines is 1. The highest BCUT2D eigenvalue weighted by atomic mass is 28.3. The van der Waals surface area contributed by atoms with Gasteiger partial charge in [0.05, 0.1) is 5.69 Å². The maximum atomic E-state index is 15.7. The van der Waals surface area contributed by atoms with Gasteiger partial charge in [-0.05, 0) is 95.4 Å². The molecule has 0 bridgehead atoms. The van der Waals surface area contributed by atoms with E-state index >= 15 is 4.39 Å². The molecule has 2 fully saturated rings. The van der Waals surface area contributed by atoms with Gasteiger partial charge < -0.3 is 15.0 Å². The van der Waals surface area contributed by atoms with Crippen molar-refractivity contribution in [3.63, 3.8) is 0 Å². The molecule has 0 radical (unpaired) electrons. The Hall–Kier alpha value is -3.71. The standard InChI is InChI=1S/C33H46FN9O2Si/c1-19(2)43-25(14-15-35-43)31-38-32(40-39-31)29(28(22-8-9-22)23-10-11-23)33(44)37-26-13-12-24(30(34)36-26)27-20(3)41-42(21(27)4)18-45-16-17-46(5,6)7/h12-15,19,22-23,28-29H,8-11,16-18H2,1-7H3,(H,36,37,44)(H,38,39,40). The van der Waals surface area contributed by atoms with Crippen LogP contribution in [0.25, 0.3) is 22.6 Å². The summed E-state index contributed by atoms with van der Waals surface area (Å²) in [6.45, 7) is 15.8. The second-order valence-corrected chi connectivity index (χ2v) is 20.1. The van der Waals surface area contributed by atoms with Gasteiger partial charge in [0.15, 0.2) is 5.82 Å². The number of anilines is 1. The molecule has 246 valence electrons. The van der Waals surface area contributed by atoms with Crippen LogP contribution in [0.5, 0.6) is 0 Å². The normalized spacial score (nSPS) is 16.0. The number of hydrogen-bond donors (Lipinski definition) is 2. The topological polar surface area (TPSA) is 128 Å². The molecule has 0 aliphatic heterocycles. The van der Waals surface area contributed by atoms with Gasteiger partial charge in [-0.25, -0.2) is 9.67 Å². The van der Waals surface area contributed by atoms with Crippen molar-refractivity contribution in [1.29, 1.82) is 0 Å². The lowest BCUT2D eigenvalue weighted by Crippen LogP contribution is -2.31. The Morgan fingerprint density at radius 1 is 1.11 bits per heavy atom. The zero-order chi connectivity index (χ0) is 32.7. The van der Waals surface area contributed by atoms with Gasteiger partial charge in [-0.1, -0.05) is 19.6 Å². The molecule has 2 N–H and O–H groups in total. The Balaban J connectivity index is 1.22. The predicted molar refractivity (Wildman–Crippen MR) is 177 cm³/mol. The fourth-order valence-corrected chi connectivity index (χ4v) is 7.21. The summed E-state index contributed by atoms with van der Waals surface area (Å²) in [5.41, 5.74) is 3.34. The average molecular weight is 648 g/mol.